The Kier molecular flexibility index (Phi) is 5.21. The van der Waals surface area contributed by atoms with Crippen molar-refractivity contribution in [1.82, 2.24) is 0 Å². The monoisotopic (exact) mass is 438 g/mol. The molecule has 0 radical (unpaired) electrons. The van der Waals surface area contributed by atoms with Gasteiger partial charge >= 0.3 is 0 Å². The summed E-state index contributed by atoms with van der Waals surface area (Å²) in [4.78, 5) is 39.0. The molecule has 1 amide bonds. The minimum absolute atomic E-state index is 0.00472. The van der Waals surface area contributed by atoms with E-state index < -0.39 is 4.92 Å². The molecule has 0 spiro atoms. The van der Waals surface area contributed by atoms with Gasteiger partial charge in [-0.1, -0.05) is 55.3 Å². The van der Waals surface area contributed by atoms with Crippen LogP contribution in [0.25, 0.3) is 0 Å². The number of Topliss-reactive ketones (excluding diaryl/α,β-unsaturated/α-hetero) is 1. The van der Waals surface area contributed by atoms with Gasteiger partial charge in [0.15, 0.2) is 5.78 Å². The second kappa shape index (κ2) is 7.61. The molecule has 1 atom stereocenters. The molecule has 31 heavy (non-hydrogen) atoms. The van der Waals surface area contributed by atoms with Gasteiger partial charge in [0.2, 0.25) is 5.91 Å². The lowest BCUT2D eigenvalue weighted by Gasteiger charge is -2.43. The molecule has 1 aliphatic heterocycles. The van der Waals surface area contributed by atoms with Gasteiger partial charge in [-0.15, -0.1) is 0 Å². The number of carbonyl (C=O) groups is 2. The van der Waals surface area contributed by atoms with E-state index >= 15 is 0 Å². The van der Waals surface area contributed by atoms with Crippen molar-refractivity contribution in [2.75, 3.05) is 4.90 Å². The van der Waals surface area contributed by atoms with Gasteiger partial charge in [-0.25, -0.2) is 0 Å². The van der Waals surface area contributed by atoms with Crippen molar-refractivity contribution in [2.24, 2.45) is 5.41 Å². The van der Waals surface area contributed by atoms with Crippen molar-refractivity contribution >= 4 is 34.7 Å². The summed E-state index contributed by atoms with van der Waals surface area (Å²) in [6.07, 6.45) is 1.06. The topological polar surface area (TPSA) is 80.5 Å². The van der Waals surface area contributed by atoms with Gasteiger partial charge in [0, 0.05) is 36.1 Å². The fraction of sp³-hybridized carbons (Fsp3) is 0.333. The zero-order chi connectivity index (χ0) is 22.5. The zero-order valence-corrected chi connectivity index (χ0v) is 18.4. The van der Waals surface area contributed by atoms with E-state index in [4.69, 9.17) is 11.6 Å². The second-order valence-corrected chi connectivity index (χ2v) is 9.50. The van der Waals surface area contributed by atoms with Crippen LogP contribution in [0.1, 0.15) is 50.2 Å². The first kappa shape index (κ1) is 21.2. The molecule has 0 saturated carbocycles. The van der Waals surface area contributed by atoms with Crippen LogP contribution in [-0.4, -0.2) is 16.6 Å². The third kappa shape index (κ3) is 3.88. The maximum atomic E-state index is 13.4. The number of rotatable bonds is 3. The Morgan fingerprint density at radius 1 is 1.13 bits per heavy atom. The molecule has 0 saturated heterocycles. The maximum Gasteiger partial charge on any atom is 0.289 e. The van der Waals surface area contributed by atoms with E-state index in [1.807, 2.05) is 45.0 Å². The van der Waals surface area contributed by atoms with Crippen LogP contribution >= 0.6 is 11.6 Å². The number of anilines is 1. The molecular formula is C24H23ClN2O4. The highest BCUT2D eigenvalue weighted by Gasteiger charge is 2.44. The number of benzene rings is 2. The summed E-state index contributed by atoms with van der Waals surface area (Å²) in [5.41, 5.74) is 3.06. The molecule has 2 aliphatic rings. The lowest BCUT2D eigenvalue weighted by molar-refractivity contribution is -0.384. The molecule has 0 fully saturated rings. The van der Waals surface area contributed by atoms with Crippen molar-refractivity contribution in [3.05, 3.63) is 80.0 Å². The Labute approximate surface area is 185 Å². The van der Waals surface area contributed by atoms with Crippen molar-refractivity contribution in [1.29, 1.82) is 0 Å². The minimum atomic E-state index is -0.568. The fourth-order valence-corrected chi connectivity index (χ4v) is 4.85. The summed E-state index contributed by atoms with van der Waals surface area (Å²) in [5, 5.41) is 11.4. The molecule has 0 N–H and O–H groups in total. The van der Waals surface area contributed by atoms with Gasteiger partial charge in [0.1, 0.15) is 5.02 Å². The van der Waals surface area contributed by atoms with E-state index in [-0.39, 0.29) is 40.2 Å². The largest absolute Gasteiger partial charge is 0.294 e. The first-order valence-electron chi connectivity index (χ1n) is 10.2. The average Bonchev–Trinajstić information content (AvgIpc) is 2.67. The van der Waals surface area contributed by atoms with Crippen molar-refractivity contribution in [3.63, 3.8) is 0 Å². The molecule has 1 aliphatic carbocycles. The number of halogens is 1. The van der Waals surface area contributed by atoms with E-state index in [1.165, 1.54) is 17.0 Å². The Balaban J connectivity index is 1.92. The number of allylic oxidation sites excluding steroid dienone is 2. The lowest BCUT2D eigenvalue weighted by atomic mass is 9.69. The normalized spacial score (nSPS) is 20.6. The van der Waals surface area contributed by atoms with Gasteiger partial charge in [0.25, 0.3) is 5.69 Å². The average molecular weight is 439 g/mol. The van der Waals surface area contributed by atoms with Crippen molar-refractivity contribution in [3.8, 4) is 0 Å². The molecule has 1 heterocycles. The number of nitrogens with zero attached hydrogens (tertiary/aromatic N) is 2. The van der Waals surface area contributed by atoms with Crippen LogP contribution in [0, 0.1) is 22.5 Å². The molecule has 0 bridgehead atoms. The second-order valence-electron chi connectivity index (χ2n) is 9.09. The van der Waals surface area contributed by atoms with Crippen LogP contribution in [0.2, 0.25) is 5.02 Å². The molecule has 160 valence electrons. The minimum Gasteiger partial charge on any atom is -0.294 e. The molecule has 2 aromatic rings. The Hall–Kier alpha value is -2.99. The number of aryl methyl sites for hydroxylation is 1. The quantitative estimate of drug-likeness (QED) is 0.453. The first-order valence-corrected chi connectivity index (χ1v) is 10.5. The number of nitro groups is 1. The highest BCUT2D eigenvalue weighted by molar-refractivity contribution is 6.32. The van der Waals surface area contributed by atoms with Crippen molar-refractivity contribution in [2.45, 2.75) is 46.0 Å². The van der Waals surface area contributed by atoms with E-state index in [9.17, 15) is 19.7 Å². The summed E-state index contributed by atoms with van der Waals surface area (Å²) in [7, 11) is 0. The van der Waals surface area contributed by atoms with Crippen LogP contribution in [-0.2, 0) is 9.59 Å². The van der Waals surface area contributed by atoms with Crippen LogP contribution in [0.5, 0.6) is 0 Å². The molecular weight excluding hydrogens is 416 g/mol. The SMILES string of the molecule is Cc1cccc(C2CC(=O)N(c3ccc(Cl)c([N+](=O)[O-])c3)C3=C2C(=O)CC(C)(C)C3)c1. The number of ketones is 1. The van der Waals surface area contributed by atoms with E-state index in [0.717, 1.165) is 11.1 Å². The lowest BCUT2D eigenvalue weighted by Crippen LogP contribution is -2.43. The molecule has 1 unspecified atom stereocenters. The smallest absolute Gasteiger partial charge is 0.289 e. The Bertz CT molecular complexity index is 1150. The summed E-state index contributed by atoms with van der Waals surface area (Å²) in [6.45, 7) is 5.98. The van der Waals surface area contributed by atoms with Crippen LogP contribution < -0.4 is 4.90 Å². The predicted octanol–water partition coefficient (Wildman–Crippen LogP) is 5.72. The van der Waals surface area contributed by atoms with Gasteiger partial charge in [-0.05, 0) is 36.5 Å². The number of hydrogen-bond acceptors (Lipinski definition) is 4. The Morgan fingerprint density at radius 2 is 1.87 bits per heavy atom. The Morgan fingerprint density at radius 3 is 2.55 bits per heavy atom. The van der Waals surface area contributed by atoms with Crippen LogP contribution in [0.15, 0.2) is 53.7 Å². The van der Waals surface area contributed by atoms with E-state index in [2.05, 4.69) is 0 Å². The summed E-state index contributed by atoms with van der Waals surface area (Å²) < 4.78 is 0. The standard InChI is InChI=1S/C24H23ClN2O4/c1-14-5-4-6-15(9-14)17-11-22(29)26(16-7-8-18(25)19(10-16)27(30)31)20-12-24(2,3)13-21(28)23(17)20/h4-10,17H,11-13H2,1-3H3. The number of amides is 1. The number of hydrogen-bond donors (Lipinski definition) is 0. The molecule has 0 aromatic heterocycles. The molecule has 4 rings (SSSR count). The van der Waals surface area contributed by atoms with Gasteiger partial charge in [-0.2, -0.15) is 0 Å². The van der Waals surface area contributed by atoms with Gasteiger partial charge < -0.3 is 0 Å². The van der Waals surface area contributed by atoms with Crippen LogP contribution in [0.3, 0.4) is 0 Å². The van der Waals surface area contributed by atoms with Gasteiger partial charge in [0.05, 0.1) is 10.6 Å². The zero-order valence-electron chi connectivity index (χ0n) is 17.6. The predicted molar refractivity (Wildman–Crippen MR) is 119 cm³/mol. The highest BCUT2D eigenvalue weighted by atomic mass is 35.5. The first-order chi connectivity index (χ1) is 14.6. The third-order valence-corrected chi connectivity index (χ3v) is 6.29. The maximum absolute atomic E-state index is 13.4. The molecule has 7 heteroatoms. The molecule has 6 nitrogen and oxygen atoms in total. The van der Waals surface area contributed by atoms with E-state index in [0.29, 0.717) is 29.8 Å². The highest BCUT2D eigenvalue weighted by Crippen LogP contribution is 2.48. The summed E-state index contributed by atoms with van der Waals surface area (Å²) in [6, 6.07) is 12.2. The number of carbonyl (C=O) groups excluding carboxylic acids is 2. The molecule has 2 aromatic carbocycles. The van der Waals surface area contributed by atoms with Crippen LogP contribution in [0.4, 0.5) is 11.4 Å². The number of nitro benzene ring substituents is 1. The third-order valence-electron chi connectivity index (χ3n) is 5.97. The summed E-state index contributed by atoms with van der Waals surface area (Å²) in [5.74, 6) is -0.476. The summed E-state index contributed by atoms with van der Waals surface area (Å²) >= 11 is 5.98. The van der Waals surface area contributed by atoms with Crippen molar-refractivity contribution < 1.29 is 14.5 Å². The fourth-order valence-electron chi connectivity index (χ4n) is 4.67. The van der Waals surface area contributed by atoms with Gasteiger partial charge in [-0.3, -0.25) is 24.6 Å². The van der Waals surface area contributed by atoms with E-state index in [1.54, 1.807) is 6.07 Å².